The largest absolute Gasteiger partial charge is 0.444 e. The molecule has 0 spiro atoms. The standard InChI is InChI=1S/C16H24N2O4/c1-15(2,11-17)21-13(19)9-7-5-6-8-10-14(20)22-16(3,4)12-18/h5-10H2,1-4H3. The molecule has 0 rings (SSSR count). The summed E-state index contributed by atoms with van der Waals surface area (Å²) in [6, 6.07) is 3.80. The third kappa shape index (κ3) is 9.77. The number of carbonyl (C=O) groups is 2. The van der Waals surface area contributed by atoms with E-state index >= 15 is 0 Å². The molecule has 0 atom stereocenters. The van der Waals surface area contributed by atoms with E-state index in [0.717, 1.165) is 12.8 Å². The minimum atomic E-state index is -1.09. The summed E-state index contributed by atoms with van der Waals surface area (Å²) in [6.45, 7) is 6.16. The van der Waals surface area contributed by atoms with Gasteiger partial charge < -0.3 is 9.47 Å². The van der Waals surface area contributed by atoms with Gasteiger partial charge in [0.1, 0.15) is 12.1 Å². The van der Waals surface area contributed by atoms with Crippen LogP contribution in [0.25, 0.3) is 0 Å². The van der Waals surface area contributed by atoms with Crippen LogP contribution in [0.1, 0.15) is 66.2 Å². The average Bonchev–Trinajstić information content (AvgIpc) is 2.41. The molecule has 0 aromatic heterocycles. The summed E-state index contributed by atoms with van der Waals surface area (Å²) in [5.74, 6) is -0.775. The highest BCUT2D eigenvalue weighted by Gasteiger charge is 2.22. The molecule has 0 saturated carbocycles. The molecular formula is C16H24N2O4. The summed E-state index contributed by atoms with van der Waals surface area (Å²) < 4.78 is 9.99. The normalized spacial score (nSPS) is 11.2. The monoisotopic (exact) mass is 308 g/mol. The SMILES string of the molecule is CC(C)(C#N)OC(=O)CCCCCCC(=O)OC(C)(C)C#N. The van der Waals surface area contributed by atoms with Gasteiger partial charge in [-0.2, -0.15) is 10.5 Å². The molecule has 22 heavy (non-hydrogen) atoms. The van der Waals surface area contributed by atoms with Gasteiger partial charge in [-0.3, -0.25) is 9.59 Å². The first kappa shape index (κ1) is 19.9. The second-order valence-corrected chi connectivity index (χ2v) is 6.11. The lowest BCUT2D eigenvalue weighted by Gasteiger charge is -2.16. The number of nitrogens with zero attached hydrogens (tertiary/aromatic N) is 2. The minimum Gasteiger partial charge on any atom is -0.444 e. The third-order valence-electron chi connectivity index (χ3n) is 2.79. The zero-order valence-corrected chi connectivity index (χ0v) is 13.8. The van der Waals surface area contributed by atoms with Crippen molar-refractivity contribution in [3.05, 3.63) is 0 Å². The van der Waals surface area contributed by atoms with Crippen LogP contribution in [0, 0.1) is 22.7 Å². The molecule has 6 nitrogen and oxygen atoms in total. The average molecular weight is 308 g/mol. The molecule has 0 fully saturated rings. The minimum absolute atomic E-state index is 0.261. The molecule has 0 radical (unpaired) electrons. The van der Waals surface area contributed by atoms with E-state index in [0.29, 0.717) is 12.8 Å². The Hall–Kier alpha value is -2.08. The lowest BCUT2D eigenvalue weighted by molar-refractivity contribution is -0.153. The number of hydrogen-bond acceptors (Lipinski definition) is 6. The van der Waals surface area contributed by atoms with Gasteiger partial charge in [-0.15, -0.1) is 0 Å². The van der Waals surface area contributed by atoms with E-state index in [1.165, 1.54) is 0 Å². The van der Waals surface area contributed by atoms with E-state index in [-0.39, 0.29) is 24.8 Å². The molecule has 0 saturated heterocycles. The molecule has 0 aliphatic rings. The number of nitriles is 2. The third-order valence-corrected chi connectivity index (χ3v) is 2.79. The lowest BCUT2D eigenvalue weighted by Crippen LogP contribution is -2.25. The predicted molar refractivity (Wildman–Crippen MR) is 79.3 cm³/mol. The van der Waals surface area contributed by atoms with Crippen molar-refractivity contribution < 1.29 is 19.1 Å². The first-order valence-electron chi connectivity index (χ1n) is 7.38. The molecule has 0 unspecified atom stereocenters. The Morgan fingerprint density at radius 3 is 1.36 bits per heavy atom. The van der Waals surface area contributed by atoms with E-state index < -0.39 is 11.2 Å². The van der Waals surface area contributed by atoms with E-state index in [1.54, 1.807) is 27.7 Å². The molecule has 0 aliphatic carbocycles. The predicted octanol–water partition coefficient (Wildman–Crippen LogP) is 3.02. The Morgan fingerprint density at radius 2 is 1.09 bits per heavy atom. The lowest BCUT2D eigenvalue weighted by atomic mass is 10.1. The number of esters is 2. The second kappa shape index (κ2) is 9.04. The Kier molecular flexibility index (Phi) is 8.19. The van der Waals surface area contributed by atoms with E-state index in [1.807, 2.05) is 12.1 Å². The maximum atomic E-state index is 11.5. The van der Waals surface area contributed by atoms with E-state index in [2.05, 4.69) is 0 Å². The molecule has 0 heterocycles. The van der Waals surface area contributed by atoms with Crippen molar-refractivity contribution >= 4 is 11.9 Å². The Bertz CT molecular complexity index is 426. The van der Waals surface area contributed by atoms with Crippen molar-refractivity contribution in [1.82, 2.24) is 0 Å². The summed E-state index contributed by atoms with van der Waals surface area (Å²) in [4.78, 5) is 22.9. The number of ether oxygens (including phenoxy) is 2. The Labute approximate surface area is 132 Å². The number of hydrogen-bond donors (Lipinski definition) is 0. The van der Waals surface area contributed by atoms with Gasteiger partial charge in [0, 0.05) is 12.8 Å². The second-order valence-electron chi connectivity index (χ2n) is 6.11. The number of unbranched alkanes of at least 4 members (excludes halogenated alkanes) is 3. The molecule has 0 N–H and O–H groups in total. The van der Waals surface area contributed by atoms with Crippen molar-refractivity contribution in [2.75, 3.05) is 0 Å². The zero-order valence-electron chi connectivity index (χ0n) is 13.8. The Morgan fingerprint density at radius 1 is 0.773 bits per heavy atom. The van der Waals surface area contributed by atoms with Gasteiger partial charge in [0.25, 0.3) is 0 Å². The summed E-state index contributed by atoms with van der Waals surface area (Å²) in [7, 11) is 0. The van der Waals surface area contributed by atoms with Crippen LogP contribution in [-0.2, 0) is 19.1 Å². The zero-order chi connectivity index (χ0) is 17.2. The molecule has 0 aromatic rings. The highest BCUT2D eigenvalue weighted by atomic mass is 16.6. The van der Waals surface area contributed by atoms with Crippen LogP contribution >= 0.6 is 0 Å². The summed E-state index contributed by atoms with van der Waals surface area (Å²) in [5, 5.41) is 17.5. The fourth-order valence-electron chi connectivity index (χ4n) is 1.61. The van der Waals surface area contributed by atoms with Crippen molar-refractivity contribution in [2.45, 2.75) is 77.4 Å². The highest BCUT2D eigenvalue weighted by molar-refractivity contribution is 5.70. The van der Waals surface area contributed by atoms with Gasteiger partial charge in [-0.25, -0.2) is 0 Å². The van der Waals surface area contributed by atoms with Gasteiger partial charge in [-0.05, 0) is 40.5 Å². The fraction of sp³-hybridized carbons (Fsp3) is 0.750. The van der Waals surface area contributed by atoms with Crippen molar-refractivity contribution in [3.8, 4) is 12.1 Å². The summed E-state index contributed by atoms with van der Waals surface area (Å²) >= 11 is 0. The quantitative estimate of drug-likeness (QED) is 0.479. The maximum absolute atomic E-state index is 11.5. The fourth-order valence-corrected chi connectivity index (χ4v) is 1.61. The van der Waals surface area contributed by atoms with Gasteiger partial charge in [0.2, 0.25) is 0 Å². The maximum Gasteiger partial charge on any atom is 0.307 e. The first-order chi connectivity index (χ1) is 10.1. The highest BCUT2D eigenvalue weighted by Crippen LogP contribution is 2.13. The van der Waals surface area contributed by atoms with Crippen LogP contribution in [0.5, 0.6) is 0 Å². The van der Waals surface area contributed by atoms with Gasteiger partial charge in [0.15, 0.2) is 11.2 Å². The first-order valence-corrected chi connectivity index (χ1v) is 7.38. The van der Waals surface area contributed by atoms with Crippen molar-refractivity contribution in [3.63, 3.8) is 0 Å². The van der Waals surface area contributed by atoms with Crippen LogP contribution in [0.15, 0.2) is 0 Å². The molecule has 0 aliphatic heterocycles. The molecule has 0 bridgehead atoms. The molecule has 6 heteroatoms. The Balaban J connectivity index is 3.72. The van der Waals surface area contributed by atoms with Crippen molar-refractivity contribution in [1.29, 1.82) is 10.5 Å². The smallest absolute Gasteiger partial charge is 0.307 e. The van der Waals surface area contributed by atoms with Gasteiger partial charge in [-0.1, -0.05) is 12.8 Å². The summed E-state index contributed by atoms with van der Waals surface area (Å²) in [5.41, 5.74) is -2.18. The number of rotatable bonds is 9. The van der Waals surface area contributed by atoms with Crippen LogP contribution in [0.2, 0.25) is 0 Å². The van der Waals surface area contributed by atoms with E-state index in [4.69, 9.17) is 20.0 Å². The summed E-state index contributed by atoms with van der Waals surface area (Å²) in [6.07, 6.45) is 3.40. The van der Waals surface area contributed by atoms with Gasteiger partial charge in [0.05, 0.1) is 0 Å². The number of carbonyl (C=O) groups excluding carboxylic acids is 2. The van der Waals surface area contributed by atoms with Crippen LogP contribution < -0.4 is 0 Å². The topological polar surface area (TPSA) is 100 Å². The van der Waals surface area contributed by atoms with Crippen LogP contribution in [0.3, 0.4) is 0 Å². The van der Waals surface area contributed by atoms with E-state index in [9.17, 15) is 9.59 Å². The molecule has 122 valence electrons. The van der Waals surface area contributed by atoms with Gasteiger partial charge >= 0.3 is 11.9 Å². The van der Waals surface area contributed by atoms with Crippen LogP contribution in [0.4, 0.5) is 0 Å². The van der Waals surface area contributed by atoms with Crippen LogP contribution in [-0.4, -0.2) is 23.1 Å². The molecule has 0 amide bonds. The van der Waals surface area contributed by atoms with Crippen molar-refractivity contribution in [2.24, 2.45) is 0 Å². The molecular weight excluding hydrogens is 284 g/mol. The molecule has 0 aromatic carbocycles.